The van der Waals surface area contributed by atoms with Gasteiger partial charge in [-0.15, -0.1) is 0 Å². The molecule has 0 spiro atoms. The van der Waals surface area contributed by atoms with E-state index < -0.39 is 5.82 Å². The number of carbonyl (C=O) groups is 1. The molecule has 5 heteroatoms. The maximum absolute atomic E-state index is 14.0. The van der Waals surface area contributed by atoms with Crippen LogP contribution in [0.5, 0.6) is 0 Å². The van der Waals surface area contributed by atoms with Crippen molar-refractivity contribution in [2.24, 2.45) is 5.92 Å². The number of carbonyl (C=O) groups excluding carboxylic acids is 1. The van der Waals surface area contributed by atoms with Crippen molar-refractivity contribution < 1.29 is 9.18 Å². The fourth-order valence-electron chi connectivity index (χ4n) is 2.72. The third-order valence-electron chi connectivity index (χ3n) is 3.65. The van der Waals surface area contributed by atoms with E-state index in [1.807, 2.05) is 13.8 Å². The highest BCUT2D eigenvalue weighted by atomic mass is 35.5. The Kier molecular flexibility index (Phi) is 5.59. The average molecular weight is 313 g/mol. The Labute approximate surface area is 130 Å². The Morgan fingerprint density at radius 2 is 2.29 bits per heavy atom. The highest BCUT2D eigenvalue weighted by molar-refractivity contribution is 6.33. The molecule has 1 fully saturated rings. The molecule has 3 nitrogen and oxygen atoms in total. The van der Waals surface area contributed by atoms with Gasteiger partial charge in [0.25, 0.3) is 5.91 Å². The largest absolute Gasteiger partial charge is 0.337 e. The van der Waals surface area contributed by atoms with Crippen LogP contribution in [0.15, 0.2) is 18.2 Å². The number of benzene rings is 1. The normalized spacial score (nSPS) is 18.2. The van der Waals surface area contributed by atoms with E-state index in [2.05, 4.69) is 5.32 Å². The Balaban J connectivity index is 2.20. The zero-order chi connectivity index (χ0) is 15.4. The van der Waals surface area contributed by atoms with E-state index in [4.69, 9.17) is 11.6 Å². The van der Waals surface area contributed by atoms with Crippen LogP contribution in [-0.2, 0) is 0 Å². The highest BCUT2D eigenvalue weighted by Crippen LogP contribution is 2.22. The number of hydrogen-bond donors (Lipinski definition) is 1. The minimum absolute atomic E-state index is 0.0159. The molecule has 0 bridgehead atoms. The molecule has 0 aromatic heterocycles. The maximum atomic E-state index is 14.0. The Hall–Kier alpha value is -1.13. The van der Waals surface area contributed by atoms with Gasteiger partial charge in [0, 0.05) is 19.1 Å². The van der Waals surface area contributed by atoms with Gasteiger partial charge in [-0.25, -0.2) is 4.39 Å². The second kappa shape index (κ2) is 7.23. The first-order valence-electron chi connectivity index (χ1n) is 7.45. The van der Waals surface area contributed by atoms with Crippen molar-refractivity contribution >= 4 is 17.5 Å². The lowest BCUT2D eigenvalue weighted by Crippen LogP contribution is -2.43. The van der Waals surface area contributed by atoms with Crippen LogP contribution in [0.4, 0.5) is 4.39 Å². The zero-order valence-corrected chi connectivity index (χ0v) is 13.3. The standard InChI is InChI=1S/C16H22ClFN2O/c1-11(2)9-20(10-12-5-4-8-19-12)16(21)15-13(17)6-3-7-14(15)18/h3,6-7,11-12,19H,4-5,8-10H2,1-2H3. The van der Waals surface area contributed by atoms with Crippen LogP contribution in [0.1, 0.15) is 37.0 Å². The van der Waals surface area contributed by atoms with Gasteiger partial charge in [0.2, 0.25) is 0 Å². The molecule has 116 valence electrons. The summed E-state index contributed by atoms with van der Waals surface area (Å²) in [6.45, 7) is 6.27. The van der Waals surface area contributed by atoms with Gasteiger partial charge in [-0.3, -0.25) is 4.79 Å². The minimum Gasteiger partial charge on any atom is -0.337 e. The van der Waals surface area contributed by atoms with Crippen LogP contribution < -0.4 is 5.32 Å². The summed E-state index contributed by atoms with van der Waals surface area (Å²) in [7, 11) is 0. The van der Waals surface area contributed by atoms with E-state index in [0.717, 1.165) is 19.4 Å². The summed E-state index contributed by atoms with van der Waals surface area (Å²) < 4.78 is 14.0. The van der Waals surface area contributed by atoms with E-state index in [1.165, 1.54) is 12.1 Å². The monoisotopic (exact) mass is 312 g/mol. The topological polar surface area (TPSA) is 32.3 Å². The van der Waals surface area contributed by atoms with Gasteiger partial charge in [0.15, 0.2) is 0 Å². The maximum Gasteiger partial charge on any atom is 0.258 e. The summed E-state index contributed by atoms with van der Waals surface area (Å²) in [5.74, 6) is -0.554. The number of nitrogens with one attached hydrogen (secondary N) is 1. The van der Waals surface area contributed by atoms with Gasteiger partial charge in [-0.05, 0) is 37.4 Å². The lowest BCUT2D eigenvalue weighted by atomic mass is 10.1. The van der Waals surface area contributed by atoms with Gasteiger partial charge in [-0.1, -0.05) is 31.5 Å². The molecule has 1 N–H and O–H groups in total. The molecule has 0 aliphatic carbocycles. The molecule has 1 aliphatic heterocycles. The van der Waals surface area contributed by atoms with Crippen molar-refractivity contribution in [2.45, 2.75) is 32.7 Å². The van der Waals surface area contributed by atoms with Gasteiger partial charge in [-0.2, -0.15) is 0 Å². The van der Waals surface area contributed by atoms with Crippen molar-refractivity contribution in [1.82, 2.24) is 10.2 Å². The van der Waals surface area contributed by atoms with Crippen molar-refractivity contribution in [3.63, 3.8) is 0 Å². The number of amides is 1. The lowest BCUT2D eigenvalue weighted by molar-refractivity contribution is 0.0717. The molecular formula is C16H22ClFN2O. The number of nitrogens with zero attached hydrogens (tertiary/aromatic N) is 1. The van der Waals surface area contributed by atoms with Crippen molar-refractivity contribution in [3.8, 4) is 0 Å². The van der Waals surface area contributed by atoms with Crippen LogP contribution >= 0.6 is 11.6 Å². The van der Waals surface area contributed by atoms with E-state index >= 15 is 0 Å². The second-order valence-corrected chi connectivity index (χ2v) is 6.40. The zero-order valence-electron chi connectivity index (χ0n) is 12.5. The summed E-state index contributed by atoms with van der Waals surface area (Å²) in [4.78, 5) is 14.4. The molecule has 1 unspecified atom stereocenters. The smallest absolute Gasteiger partial charge is 0.258 e. The minimum atomic E-state index is -0.555. The molecule has 1 aromatic carbocycles. The third-order valence-corrected chi connectivity index (χ3v) is 3.97. The van der Waals surface area contributed by atoms with Crippen LogP contribution in [0.3, 0.4) is 0 Å². The molecule has 1 heterocycles. The highest BCUT2D eigenvalue weighted by Gasteiger charge is 2.26. The van der Waals surface area contributed by atoms with Crippen LogP contribution in [-0.4, -0.2) is 36.5 Å². The fourth-order valence-corrected chi connectivity index (χ4v) is 2.96. The quantitative estimate of drug-likeness (QED) is 0.904. The van der Waals surface area contributed by atoms with E-state index in [0.29, 0.717) is 25.0 Å². The predicted octanol–water partition coefficient (Wildman–Crippen LogP) is 3.33. The molecule has 1 aromatic rings. The average Bonchev–Trinajstić information content (AvgIpc) is 2.90. The predicted molar refractivity (Wildman–Crippen MR) is 83.2 cm³/mol. The molecule has 1 amide bonds. The Bertz CT molecular complexity index is 481. The molecule has 0 saturated carbocycles. The summed E-state index contributed by atoms with van der Waals surface area (Å²) >= 11 is 6.02. The first-order valence-corrected chi connectivity index (χ1v) is 7.83. The van der Waals surface area contributed by atoms with Crippen molar-refractivity contribution in [3.05, 3.63) is 34.6 Å². The molecular weight excluding hydrogens is 291 g/mol. The summed E-state index contributed by atoms with van der Waals surface area (Å²) in [5.41, 5.74) is -0.0159. The number of rotatable bonds is 5. The van der Waals surface area contributed by atoms with Crippen LogP contribution in [0.2, 0.25) is 5.02 Å². The van der Waals surface area contributed by atoms with Gasteiger partial charge >= 0.3 is 0 Å². The molecule has 21 heavy (non-hydrogen) atoms. The van der Waals surface area contributed by atoms with E-state index in [-0.39, 0.29) is 16.5 Å². The molecule has 0 radical (unpaired) electrons. The second-order valence-electron chi connectivity index (χ2n) is 5.99. The van der Waals surface area contributed by atoms with Gasteiger partial charge < -0.3 is 10.2 Å². The van der Waals surface area contributed by atoms with Crippen LogP contribution in [0.25, 0.3) is 0 Å². The summed E-state index contributed by atoms with van der Waals surface area (Å²) in [6, 6.07) is 4.64. The van der Waals surface area contributed by atoms with Crippen molar-refractivity contribution in [2.75, 3.05) is 19.6 Å². The third kappa shape index (κ3) is 4.17. The molecule has 2 rings (SSSR count). The van der Waals surface area contributed by atoms with Gasteiger partial charge in [0.1, 0.15) is 5.82 Å². The first kappa shape index (κ1) is 16.2. The van der Waals surface area contributed by atoms with E-state index in [9.17, 15) is 9.18 Å². The SMILES string of the molecule is CC(C)CN(CC1CCCN1)C(=O)c1c(F)cccc1Cl. The van der Waals surface area contributed by atoms with Crippen molar-refractivity contribution in [1.29, 1.82) is 0 Å². The number of halogens is 2. The molecule has 1 saturated heterocycles. The lowest BCUT2D eigenvalue weighted by Gasteiger charge is -2.28. The molecule has 1 atom stereocenters. The van der Waals surface area contributed by atoms with Crippen LogP contribution in [0, 0.1) is 11.7 Å². The van der Waals surface area contributed by atoms with E-state index in [1.54, 1.807) is 11.0 Å². The summed E-state index contributed by atoms with van der Waals surface area (Å²) in [6.07, 6.45) is 2.17. The Morgan fingerprint density at radius 1 is 1.52 bits per heavy atom. The molecule has 1 aliphatic rings. The summed E-state index contributed by atoms with van der Waals surface area (Å²) in [5, 5.41) is 3.55. The first-order chi connectivity index (χ1) is 9.99. The van der Waals surface area contributed by atoms with Gasteiger partial charge in [0.05, 0.1) is 10.6 Å². The Morgan fingerprint density at radius 3 is 2.86 bits per heavy atom. The number of hydrogen-bond acceptors (Lipinski definition) is 2. The fraction of sp³-hybridized carbons (Fsp3) is 0.562.